The molecule has 5 nitrogen and oxygen atoms in total. The van der Waals surface area contributed by atoms with E-state index in [0.29, 0.717) is 35.5 Å². The summed E-state index contributed by atoms with van der Waals surface area (Å²) >= 11 is 4.89. The average molecular weight is 346 g/mol. The van der Waals surface area contributed by atoms with Crippen molar-refractivity contribution < 1.29 is 12.6 Å². The maximum absolute atomic E-state index is 12.5. The van der Waals surface area contributed by atoms with Crippen molar-refractivity contribution in [3.05, 3.63) is 29.3 Å². The molecular formula is C13H18N2O3S3. The third-order valence-corrected chi connectivity index (χ3v) is 6.75. The van der Waals surface area contributed by atoms with Gasteiger partial charge in [0.05, 0.1) is 4.90 Å². The lowest BCUT2D eigenvalue weighted by Crippen LogP contribution is -2.39. The van der Waals surface area contributed by atoms with Gasteiger partial charge in [-0.2, -0.15) is 0 Å². The van der Waals surface area contributed by atoms with E-state index in [-0.39, 0.29) is 15.9 Å². The van der Waals surface area contributed by atoms with Crippen LogP contribution >= 0.6 is 12.2 Å². The van der Waals surface area contributed by atoms with Crippen molar-refractivity contribution in [2.75, 3.05) is 11.5 Å². The van der Waals surface area contributed by atoms with Crippen LogP contribution in [0.1, 0.15) is 24.0 Å². The Morgan fingerprint density at radius 1 is 1.38 bits per heavy atom. The second-order valence-corrected chi connectivity index (χ2v) is 8.91. The molecule has 1 heterocycles. The molecule has 8 heteroatoms. The molecule has 1 aromatic carbocycles. The van der Waals surface area contributed by atoms with Gasteiger partial charge >= 0.3 is 0 Å². The van der Waals surface area contributed by atoms with Crippen LogP contribution in [0.5, 0.6) is 0 Å². The second-order valence-electron chi connectivity index (χ2n) is 5.09. The zero-order valence-corrected chi connectivity index (χ0v) is 14.1. The summed E-state index contributed by atoms with van der Waals surface area (Å²) in [5.74, 6) is 1.08. The lowest BCUT2D eigenvalue weighted by atomic mass is 10.1. The zero-order valence-electron chi connectivity index (χ0n) is 11.7. The van der Waals surface area contributed by atoms with E-state index in [0.717, 1.165) is 0 Å². The number of benzene rings is 1. The van der Waals surface area contributed by atoms with Gasteiger partial charge in [-0.1, -0.05) is 24.4 Å². The Hall–Kier alpha value is -0.830. The van der Waals surface area contributed by atoms with Gasteiger partial charge in [0.2, 0.25) is 10.0 Å². The minimum absolute atomic E-state index is 0.166. The SMILES string of the molecule is Cc1ccc(C(N)=S)cc1S(=O)(=O)NC1CCS(=O)CC1. The minimum Gasteiger partial charge on any atom is -0.389 e. The molecule has 2 rings (SSSR count). The maximum atomic E-state index is 12.5. The quantitative estimate of drug-likeness (QED) is 0.788. The highest BCUT2D eigenvalue weighted by Gasteiger charge is 2.25. The van der Waals surface area contributed by atoms with E-state index < -0.39 is 20.8 Å². The maximum Gasteiger partial charge on any atom is 0.241 e. The Kier molecular flexibility index (Phi) is 5.13. The highest BCUT2D eigenvalue weighted by Crippen LogP contribution is 2.19. The molecule has 0 atom stereocenters. The van der Waals surface area contributed by atoms with Crippen molar-refractivity contribution in [2.24, 2.45) is 5.73 Å². The summed E-state index contributed by atoms with van der Waals surface area (Å²) < 4.78 is 39.0. The number of thiocarbonyl (C=S) groups is 1. The lowest BCUT2D eigenvalue weighted by Gasteiger charge is -2.23. The first-order valence-electron chi connectivity index (χ1n) is 6.57. The van der Waals surface area contributed by atoms with Crippen molar-refractivity contribution in [1.82, 2.24) is 4.72 Å². The topological polar surface area (TPSA) is 89.3 Å². The number of hydrogen-bond acceptors (Lipinski definition) is 4. The van der Waals surface area contributed by atoms with E-state index in [2.05, 4.69) is 4.72 Å². The summed E-state index contributed by atoms with van der Waals surface area (Å²) in [6, 6.07) is 4.74. The van der Waals surface area contributed by atoms with Gasteiger partial charge in [0.25, 0.3) is 0 Å². The van der Waals surface area contributed by atoms with Gasteiger partial charge in [-0.05, 0) is 31.4 Å². The van der Waals surface area contributed by atoms with Crippen molar-refractivity contribution >= 4 is 38.0 Å². The fraction of sp³-hybridized carbons (Fsp3) is 0.462. The molecule has 0 aromatic heterocycles. The van der Waals surface area contributed by atoms with E-state index in [1.54, 1.807) is 19.1 Å². The Morgan fingerprint density at radius 2 is 2.00 bits per heavy atom. The Balaban J connectivity index is 2.25. The van der Waals surface area contributed by atoms with Crippen LogP contribution < -0.4 is 10.5 Å². The second kappa shape index (κ2) is 6.51. The zero-order chi connectivity index (χ0) is 15.6. The number of sulfonamides is 1. The van der Waals surface area contributed by atoms with E-state index >= 15 is 0 Å². The van der Waals surface area contributed by atoms with Crippen LogP contribution in [0.15, 0.2) is 23.1 Å². The Labute approximate surface area is 132 Å². The summed E-state index contributed by atoms with van der Waals surface area (Å²) in [5.41, 5.74) is 6.73. The van der Waals surface area contributed by atoms with Gasteiger partial charge in [0, 0.05) is 33.9 Å². The van der Waals surface area contributed by atoms with E-state index in [1.165, 1.54) is 6.07 Å². The fourth-order valence-electron chi connectivity index (χ4n) is 2.24. The molecule has 0 bridgehead atoms. The predicted octanol–water partition coefficient (Wildman–Crippen LogP) is 0.819. The highest BCUT2D eigenvalue weighted by molar-refractivity contribution is 7.89. The molecule has 0 radical (unpaired) electrons. The number of aryl methyl sites for hydroxylation is 1. The van der Waals surface area contributed by atoms with Gasteiger partial charge in [-0.25, -0.2) is 13.1 Å². The van der Waals surface area contributed by atoms with E-state index in [1.807, 2.05) is 0 Å². The molecule has 21 heavy (non-hydrogen) atoms. The largest absolute Gasteiger partial charge is 0.389 e. The number of nitrogens with one attached hydrogen (secondary N) is 1. The summed E-state index contributed by atoms with van der Waals surface area (Å²) in [5, 5.41) is 0. The molecule has 1 saturated heterocycles. The van der Waals surface area contributed by atoms with Crippen LogP contribution in [0.25, 0.3) is 0 Å². The first-order chi connectivity index (χ1) is 9.79. The first kappa shape index (κ1) is 16.5. The van der Waals surface area contributed by atoms with E-state index in [4.69, 9.17) is 18.0 Å². The van der Waals surface area contributed by atoms with Crippen LogP contribution in [-0.4, -0.2) is 35.2 Å². The third-order valence-electron chi connectivity index (χ3n) is 3.47. The molecule has 1 aliphatic rings. The van der Waals surface area contributed by atoms with Gasteiger partial charge in [0.15, 0.2) is 0 Å². The van der Waals surface area contributed by atoms with E-state index in [9.17, 15) is 12.6 Å². The molecule has 3 N–H and O–H groups in total. The Bertz CT molecular complexity index is 676. The number of hydrogen-bond donors (Lipinski definition) is 2. The first-order valence-corrected chi connectivity index (χ1v) is 9.95. The van der Waals surface area contributed by atoms with Crippen LogP contribution in [0.2, 0.25) is 0 Å². The van der Waals surface area contributed by atoms with Crippen LogP contribution in [0.3, 0.4) is 0 Å². The predicted molar refractivity (Wildman–Crippen MR) is 88.3 cm³/mol. The summed E-state index contributed by atoms with van der Waals surface area (Å²) in [6.07, 6.45) is 1.19. The van der Waals surface area contributed by atoms with Crippen molar-refractivity contribution in [3.8, 4) is 0 Å². The molecule has 1 fully saturated rings. The van der Waals surface area contributed by atoms with Crippen molar-refractivity contribution in [2.45, 2.75) is 30.7 Å². The fourth-order valence-corrected chi connectivity index (χ4v) is 5.24. The van der Waals surface area contributed by atoms with Crippen LogP contribution in [-0.2, 0) is 20.8 Å². The highest BCUT2D eigenvalue weighted by atomic mass is 32.2. The molecule has 116 valence electrons. The number of nitrogens with two attached hydrogens (primary N) is 1. The lowest BCUT2D eigenvalue weighted by molar-refractivity contribution is 0.521. The number of rotatable bonds is 4. The average Bonchev–Trinajstić information content (AvgIpc) is 2.41. The smallest absolute Gasteiger partial charge is 0.241 e. The summed E-state index contributed by atoms with van der Waals surface area (Å²) in [6.45, 7) is 1.73. The minimum atomic E-state index is -3.63. The molecule has 0 saturated carbocycles. The van der Waals surface area contributed by atoms with Crippen molar-refractivity contribution in [3.63, 3.8) is 0 Å². The molecule has 1 aliphatic heterocycles. The van der Waals surface area contributed by atoms with Gasteiger partial charge < -0.3 is 5.73 Å². The standard InChI is InChI=1S/C13H18N2O3S3/c1-9-2-3-10(13(14)19)8-12(9)21(17,18)15-11-4-6-20(16)7-5-11/h2-3,8,11,15H,4-7H2,1H3,(H2,14,19). The van der Waals surface area contributed by atoms with Crippen molar-refractivity contribution in [1.29, 1.82) is 0 Å². The molecule has 0 unspecified atom stereocenters. The third kappa shape index (κ3) is 4.09. The van der Waals surface area contributed by atoms with Gasteiger partial charge in [-0.3, -0.25) is 4.21 Å². The van der Waals surface area contributed by atoms with Crippen LogP contribution in [0.4, 0.5) is 0 Å². The normalized spacial score (nSPS) is 22.9. The molecule has 0 amide bonds. The van der Waals surface area contributed by atoms with Gasteiger partial charge in [0.1, 0.15) is 4.99 Å². The Morgan fingerprint density at radius 3 is 2.57 bits per heavy atom. The molecule has 0 aliphatic carbocycles. The van der Waals surface area contributed by atoms with Crippen LogP contribution in [0, 0.1) is 6.92 Å². The molecule has 1 aromatic rings. The molecular weight excluding hydrogens is 328 g/mol. The monoisotopic (exact) mass is 346 g/mol. The molecule has 0 spiro atoms. The summed E-state index contributed by atoms with van der Waals surface area (Å²) in [7, 11) is -4.44. The summed E-state index contributed by atoms with van der Waals surface area (Å²) in [4.78, 5) is 0.360. The van der Waals surface area contributed by atoms with Gasteiger partial charge in [-0.15, -0.1) is 0 Å².